The molecule has 0 saturated carbocycles. The highest BCUT2D eigenvalue weighted by Crippen LogP contribution is 2.11. The molecule has 0 radical (unpaired) electrons. The van der Waals surface area contributed by atoms with E-state index in [1.54, 1.807) is 0 Å². The Hall–Kier alpha value is -1.84. The molecular weight excluding hydrogens is 288 g/mol. The summed E-state index contributed by atoms with van der Waals surface area (Å²) in [6.07, 6.45) is 3.78. The summed E-state index contributed by atoms with van der Waals surface area (Å²) in [7, 11) is 0. The Morgan fingerprint density at radius 3 is 2.35 bits per heavy atom. The lowest BCUT2D eigenvalue weighted by molar-refractivity contribution is -0.132. The molecule has 1 aromatic rings. The average Bonchev–Trinajstić information content (AvgIpc) is 2.57. The summed E-state index contributed by atoms with van der Waals surface area (Å²) < 4.78 is 0. The predicted octanol–water partition coefficient (Wildman–Crippen LogP) is 3.68. The van der Waals surface area contributed by atoms with Crippen LogP contribution in [0.15, 0.2) is 30.3 Å². The minimum Gasteiger partial charge on any atom is -0.350 e. The predicted molar refractivity (Wildman–Crippen MR) is 94.0 cm³/mol. The van der Waals surface area contributed by atoms with Crippen molar-refractivity contribution in [2.45, 2.75) is 58.9 Å². The van der Waals surface area contributed by atoms with Crippen molar-refractivity contribution in [3.05, 3.63) is 35.9 Å². The van der Waals surface area contributed by atoms with Crippen molar-refractivity contribution in [1.82, 2.24) is 10.2 Å². The van der Waals surface area contributed by atoms with Gasteiger partial charge in [0.2, 0.25) is 11.8 Å². The summed E-state index contributed by atoms with van der Waals surface area (Å²) in [5.41, 5.74) is 1.09. The summed E-state index contributed by atoms with van der Waals surface area (Å²) in [5, 5.41) is 3.00. The van der Waals surface area contributed by atoms with E-state index in [0.717, 1.165) is 31.4 Å². The topological polar surface area (TPSA) is 49.4 Å². The van der Waals surface area contributed by atoms with Crippen molar-refractivity contribution in [3.8, 4) is 0 Å². The van der Waals surface area contributed by atoms with Crippen molar-refractivity contribution < 1.29 is 9.59 Å². The molecule has 0 aromatic heterocycles. The Kier molecular flexibility index (Phi) is 9.03. The Morgan fingerprint density at radius 1 is 1.04 bits per heavy atom. The largest absolute Gasteiger partial charge is 0.350 e. The number of nitrogens with one attached hydrogen (secondary N) is 1. The van der Waals surface area contributed by atoms with Gasteiger partial charge in [-0.2, -0.15) is 0 Å². The summed E-state index contributed by atoms with van der Waals surface area (Å²) >= 11 is 0. The van der Waals surface area contributed by atoms with Crippen LogP contribution in [0.25, 0.3) is 0 Å². The maximum Gasteiger partial charge on any atom is 0.222 e. The van der Waals surface area contributed by atoms with Crippen LogP contribution in [0, 0.1) is 0 Å². The molecule has 0 fully saturated rings. The zero-order chi connectivity index (χ0) is 17.1. The highest BCUT2D eigenvalue weighted by atomic mass is 16.2. The van der Waals surface area contributed by atoms with E-state index in [-0.39, 0.29) is 17.9 Å². The van der Waals surface area contributed by atoms with Gasteiger partial charge in [-0.15, -0.1) is 0 Å². The van der Waals surface area contributed by atoms with Gasteiger partial charge in [-0.3, -0.25) is 9.59 Å². The molecule has 1 unspecified atom stereocenters. The Morgan fingerprint density at radius 2 is 1.74 bits per heavy atom. The maximum atomic E-state index is 12.1. The lowest BCUT2D eigenvalue weighted by Gasteiger charge is -2.22. The number of carbonyl (C=O) groups excluding carboxylic acids is 2. The van der Waals surface area contributed by atoms with Gasteiger partial charge >= 0.3 is 0 Å². The molecule has 0 saturated heterocycles. The maximum absolute atomic E-state index is 12.1. The van der Waals surface area contributed by atoms with Crippen molar-refractivity contribution in [2.24, 2.45) is 0 Å². The highest BCUT2D eigenvalue weighted by Gasteiger charge is 2.15. The van der Waals surface area contributed by atoms with E-state index < -0.39 is 0 Å². The highest BCUT2D eigenvalue weighted by molar-refractivity contribution is 5.79. The van der Waals surface area contributed by atoms with Crippen molar-refractivity contribution in [1.29, 1.82) is 0 Å². The first-order valence-electron chi connectivity index (χ1n) is 8.70. The third-order valence-electron chi connectivity index (χ3n) is 3.88. The fraction of sp³-hybridized carbons (Fsp3) is 0.579. The molecule has 1 atom stereocenters. The van der Waals surface area contributed by atoms with Gasteiger partial charge in [-0.25, -0.2) is 0 Å². The number of benzene rings is 1. The lowest BCUT2D eigenvalue weighted by atomic mass is 10.1. The number of unbranched alkanes of at least 4 members (excludes halogenated alkanes) is 1. The van der Waals surface area contributed by atoms with Gasteiger partial charge in [0.1, 0.15) is 0 Å². The van der Waals surface area contributed by atoms with Gasteiger partial charge in [0.25, 0.3) is 0 Å². The van der Waals surface area contributed by atoms with Gasteiger partial charge in [0, 0.05) is 25.9 Å². The Labute approximate surface area is 140 Å². The Balaban J connectivity index is 2.44. The van der Waals surface area contributed by atoms with Crippen LogP contribution in [-0.4, -0.2) is 29.8 Å². The van der Waals surface area contributed by atoms with E-state index in [9.17, 15) is 9.59 Å². The molecule has 0 aliphatic heterocycles. The molecule has 128 valence electrons. The normalized spacial score (nSPS) is 11.8. The molecular formula is C19H30N2O2. The summed E-state index contributed by atoms with van der Waals surface area (Å²) in [6.45, 7) is 7.34. The smallest absolute Gasteiger partial charge is 0.222 e. The minimum atomic E-state index is -0.0147. The number of hydrogen-bond acceptors (Lipinski definition) is 2. The van der Waals surface area contributed by atoms with E-state index in [0.29, 0.717) is 19.4 Å². The first kappa shape index (κ1) is 19.2. The average molecular weight is 318 g/mol. The Bertz CT molecular complexity index is 474. The second kappa shape index (κ2) is 10.8. The number of nitrogens with zero attached hydrogens (tertiary/aromatic N) is 1. The van der Waals surface area contributed by atoms with Crippen LogP contribution < -0.4 is 5.32 Å². The van der Waals surface area contributed by atoms with Gasteiger partial charge in [0.05, 0.1) is 6.04 Å². The van der Waals surface area contributed by atoms with Gasteiger partial charge < -0.3 is 10.2 Å². The van der Waals surface area contributed by atoms with Gasteiger partial charge in [-0.1, -0.05) is 50.6 Å². The number of amides is 2. The summed E-state index contributed by atoms with van der Waals surface area (Å²) in [5.74, 6) is 0.156. The molecule has 1 aromatic carbocycles. The van der Waals surface area contributed by atoms with Gasteiger partial charge in [0.15, 0.2) is 0 Å². The first-order chi connectivity index (χ1) is 11.1. The van der Waals surface area contributed by atoms with Crippen LogP contribution in [0.5, 0.6) is 0 Å². The molecule has 2 amide bonds. The monoisotopic (exact) mass is 318 g/mol. The van der Waals surface area contributed by atoms with Crippen molar-refractivity contribution >= 4 is 11.8 Å². The molecule has 23 heavy (non-hydrogen) atoms. The third-order valence-corrected chi connectivity index (χ3v) is 3.88. The summed E-state index contributed by atoms with van der Waals surface area (Å²) in [4.78, 5) is 26.1. The quantitative estimate of drug-likeness (QED) is 0.715. The van der Waals surface area contributed by atoms with Gasteiger partial charge in [-0.05, 0) is 25.3 Å². The van der Waals surface area contributed by atoms with E-state index in [1.807, 2.05) is 42.2 Å². The van der Waals surface area contributed by atoms with Crippen LogP contribution in [0.1, 0.15) is 64.5 Å². The van der Waals surface area contributed by atoms with Crippen LogP contribution in [-0.2, 0) is 9.59 Å². The van der Waals surface area contributed by atoms with Crippen LogP contribution in [0.3, 0.4) is 0 Å². The second-order valence-electron chi connectivity index (χ2n) is 5.93. The van der Waals surface area contributed by atoms with Crippen LogP contribution >= 0.6 is 0 Å². The lowest BCUT2D eigenvalue weighted by Crippen LogP contribution is -2.36. The van der Waals surface area contributed by atoms with E-state index in [4.69, 9.17) is 0 Å². The minimum absolute atomic E-state index is 0.00857. The zero-order valence-corrected chi connectivity index (χ0v) is 14.7. The van der Waals surface area contributed by atoms with Crippen molar-refractivity contribution in [3.63, 3.8) is 0 Å². The number of rotatable bonds is 10. The first-order valence-corrected chi connectivity index (χ1v) is 8.70. The molecule has 0 bridgehead atoms. The number of hydrogen-bond donors (Lipinski definition) is 1. The van der Waals surface area contributed by atoms with E-state index in [2.05, 4.69) is 19.2 Å². The molecule has 4 heteroatoms. The molecule has 0 aliphatic rings. The SMILES string of the molecule is CCCCC(=O)N(CCC)CCC(=O)NC(C)c1ccccc1. The van der Waals surface area contributed by atoms with Crippen LogP contribution in [0.2, 0.25) is 0 Å². The molecule has 0 aliphatic carbocycles. The molecule has 0 spiro atoms. The molecule has 1 rings (SSSR count). The summed E-state index contributed by atoms with van der Waals surface area (Å²) in [6, 6.07) is 9.88. The fourth-order valence-electron chi connectivity index (χ4n) is 2.49. The molecule has 1 N–H and O–H groups in total. The number of carbonyl (C=O) groups is 2. The second-order valence-corrected chi connectivity index (χ2v) is 5.93. The fourth-order valence-corrected chi connectivity index (χ4v) is 2.49. The van der Waals surface area contributed by atoms with Crippen LogP contribution in [0.4, 0.5) is 0 Å². The van der Waals surface area contributed by atoms with E-state index >= 15 is 0 Å². The zero-order valence-electron chi connectivity index (χ0n) is 14.7. The molecule has 4 nitrogen and oxygen atoms in total. The molecule has 0 heterocycles. The van der Waals surface area contributed by atoms with E-state index in [1.165, 1.54) is 0 Å². The van der Waals surface area contributed by atoms with Crippen molar-refractivity contribution in [2.75, 3.05) is 13.1 Å². The standard InChI is InChI=1S/C19H30N2O2/c1-4-6-12-19(23)21(14-5-2)15-13-18(22)20-16(3)17-10-8-7-9-11-17/h7-11,16H,4-6,12-15H2,1-3H3,(H,20,22). The third kappa shape index (κ3) is 7.31.